The number of ether oxygens (including phenoxy) is 1. The van der Waals surface area contributed by atoms with E-state index in [-0.39, 0.29) is 29.7 Å². The third kappa shape index (κ3) is 2.94. The lowest BCUT2D eigenvalue weighted by atomic mass is 9.95. The summed E-state index contributed by atoms with van der Waals surface area (Å²) in [5, 5.41) is 0. The molecule has 0 atom stereocenters. The van der Waals surface area contributed by atoms with Crippen LogP contribution in [0.25, 0.3) is 0 Å². The molecule has 6 heteroatoms. The topological polar surface area (TPSA) is 55.6 Å². The number of anilines is 2. The average molecular weight is 270 g/mol. The van der Waals surface area contributed by atoms with Gasteiger partial charge in [-0.25, -0.2) is 8.78 Å². The van der Waals surface area contributed by atoms with E-state index in [1.165, 1.54) is 0 Å². The van der Waals surface area contributed by atoms with Crippen molar-refractivity contribution in [2.24, 2.45) is 5.92 Å². The summed E-state index contributed by atoms with van der Waals surface area (Å²) in [4.78, 5) is 12.8. The first-order valence-electron chi connectivity index (χ1n) is 6.16. The number of nitrogens with zero attached hydrogens (tertiary/aromatic N) is 1. The molecule has 0 spiro atoms. The van der Waals surface area contributed by atoms with Crippen molar-refractivity contribution < 1.29 is 18.3 Å². The van der Waals surface area contributed by atoms with Crippen LogP contribution in [-0.4, -0.2) is 25.7 Å². The Kier molecular flexibility index (Phi) is 3.87. The number of hydrogen-bond donors (Lipinski definition) is 1. The monoisotopic (exact) mass is 270 g/mol. The molecule has 104 valence electrons. The van der Waals surface area contributed by atoms with E-state index in [1.54, 1.807) is 11.8 Å². The van der Waals surface area contributed by atoms with Crippen LogP contribution in [0, 0.1) is 17.6 Å². The highest BCUT2D eigenvalue weighted by Gasteiger charge is 2.32. The fraction of sp³-hybridized carbons (Fsp3) is 0.462. The molecule has 1 saturated heterocycles. The molecular weight excluding hydrogens is 254 g/mol. The number of hydrogen-bond acceptors (Lipinski definition) is 4. The fourth-order valence-corrected chi connectivity index (χ4v) is 2.22. The number of carbonyl (C=O) groups is 1. The normalized spacial score (nSPS) is 15.2. The minimum Gasteiger partial charge on any atom is -0.466 e. The summed E-state index contributed by atoms with van der Waals surface area (Å²) in [7, 11) is 0. The van der Waals surface area contributed by atoms with Crippen LogP contribution in [0.2, 0.25) is 0 Å². The maximum Gasteiger partial charge on any atom is 0.306 e. The lowest BCUT2D eigenvalue weighted by Gasteiger charge is -2.40. The van der Waals surface area contributed by atoms with Gasteiger partial charge in [-0.2, -0.15) is 0 Å². The highest BCUT2D eigenvalue weighted by atomic mass is 19.1. The van der Waals surface area contributed by atoms with Gasteiger partial charge >= 0.3 is 5.97 Å². The second-order valence-electron chi connectivity index (χ2n) is 4.61. The third-order valence-electron chi connectivity index (χ3n) is 3.07. The Morgan fingerprint density at radius 3 is 2.53 bits per heavy atom. The first-order valence-corrected chi connectivity index (χ1v) is 6.16. The number of carbonyl (C=O) groups excluding carboxylic acids is 1. The summed E-state index contributed by atoms with van der Waals surface area (Å²) in [6.07, 6.45) is 0.280. The van der Waals surface area contributed by atoms with Crippen molar-refractivity contribution in [3.8, 4) is 0 Å². The second-order valence-corrected chi connectivity index (χ2v) is 4.61. The summed E-state index contributed by atoms with van der Waals surface area (Å²) in [5.74, 6) is -1.54. The van der Waals surface area contributed by atoms with Gasteiger partial charge in [0.1, 0.15) is 5.69 Å². The first kappa shape index (κ1) is 13.6. The van der Waals surface area contributed by atoms with Crippen LogP contribution in [0.5, 0.6) is 0 Å². The standard InChI is InChI=1S/C13H16F2N2O2/c1-2-19-12(18)3-8-6-17(7-8)13-10(14)4-9(16)5-11(13)15/h4-5,8H,2-3,6-7,16H2,1H3. The second kappa shape index (κ2) is 5.42. The summed E-state index contributed by atoms with van der Waals surface area (Å²) in [6.45, 7) is 2.97. The van der Waals surface area contributed by atoms with Gasteiger partial charge in [0.05, 0.1) is 13.0 Å². The predicted molar refractivity (Wildman–Crippen MR) is 67.7 cm³/mol. The molecule has 0 amide bonds. The Bertz CT molecular complexity index is 465. The van der Waals surface area contributed by atoms with Crippen LogP contribution in [0.15, 0.2) is 12.1 Å². The van der Waals surface area contributed by atoms with Crippen LogP contribution in [0.4, 0.5) is 20.2 Å². The molecule has 1 aliphatic rings. The van der Waals surface area contributed by atoms with Gasteiger partial charge in [-0.15, -0.1) is 0 Å². The molecule has 1 aromatic rings. The van der Waals surface area contributed by atoms with Crippen LogP contribution in [0.3, 0.4) is 0 Å². The number of rotatable bonds is 4. The number of benzene rings is 1. The summed E-state index contributed by atoms with van der Waals surface area (Å²) in [6, 6.07) is 2.19. The molecule has 1 fully saturated rings. The molecule has 1 heterocycles. The van der Waals surface area contributed by atoms with Crippen molar-refractivity contribution >= 4 is 17.3 Å². The zero-order valence-corrected chi connectivity index (χ0v) is 10.7. The van der Waals surface area contributed by atoms with Gasteiger partial charge in [0.2, 0.25) is 0 Å². The van der Waals surface area contributed by atoms with Gasteiger partial charge in [0, 0.05) is 24.7 Å². The minimum atomic E-state index is -0.674. The van der Waals surface area contributed by atoms with Gasteiger partial charge in [0.25, 0.3) is 0 Å². The van der Waals surface area contributed by atoms with E-state index in [4.69, 9.17) is 10.5 Å². The molecule has 0 radical (unpaired) electrons. The number of halogens is 2. The minimum absolute atomic E-state index is 0.0577. The largest absolute Gasteiger partial charge is 0.466 e. The Labute approximate surface area is 110 Å². The maximum atomic E-state index is 13.6. The van der Waals surface area contributed by atoms with E-state index >= 15 is 0 Å². The van der Waals surface area contributed by atoms with Crippen molar-refractivity contribution in [3.63, 3.8) is 0 Å². The summed E-state index contributed by atoms with van der Waals surface area (Å²) >= 11 is 0. The van der Waals surface area contributed by atoms with Crippen LogP contribution in [-0.2, 0) is 9.53 Å². The van der Waals surface area contributed by atoms with Gasteiger partial charge in [0.15, 0.2) is 11.6 Å². The van der Waals surface area contributed by atoms with Gasteiger partial charge in [-0.1, -0.05) is 0 Å². The lowest BCUT2D eigenvalue weighted by molar-refractivity contribution is -0.144. The van der Waals surface area contributed by atoms with Crippen LogP contribution >= 0.6 is 0 Å². The van der Waals surface area contributed by atoms with Crippen molar-refractivity contribution in [2.75, 3.05) is 30.3 Å². The summed E-state index contributed by atoms with van der Waals surface area (Å²) < 4.78 is 32.1. The molecule has 19 heavy (non-hydrogen) atoms. The SMILES string of the molecule is CCOC(=O)CC1CN(c2c(F)cc(N)cc2F)C1. The molecule has 0 bridgehead atoms. The molecular formula is C13H16F2N2O2. The van der Waals surface area contributed by atoms with E-state index in [1.807, 2.05) is 0 Å². The zero-order chi connectivity index (χ0) is 14.0. The summed E-state index contributed by atoms with van der Waals surface area (Å²) in [5.41, 5.74) is 5.34. The van der Waals surface area contributed by atoms with Crippen molar-refractivity contribution in [1.82, 2.24) is 0 Å². The van der Waals surface area contributed by atoms with E-state index in [9.17, 15) is 13.6 Å². The molecule has 0 saturated carbocycles. The van der Waals surface area contributed by atoms with Crippen LogP contribution < -0.4 is 10.6 Å². The first-order chi connectivity index (χ1) is 9.01. The number of esters is 1. The third-order valence-corrected chi connectivity index (χ3v) is 3.07. The lowest BCUT2D eigenvalue weighted by Crippen LogP contribution is -2.48. The van der Waals surface area contributed by atoms with Crippen molar-refractivity contribution in [1.29, 1.82) is 0 Å². The van der Waals surface area contributed by atoms with Gasteiger partial charge < -0.3 is 15.4 Å². The number of nitrogens with two attached hydrogens (primary N) is 1. The molecule has 2 rings (SSSR count). The maximum absolute atomic E-state index is 13.6. The van der Waals surface area contributed by atoms with Gasteiger partial charge in [-0.05, 0) is 19.1 Å². The molecule has 2 N–H and O–H groups in total. The van der Waals surface area contributed by atoms with E-state index < -0.39 is 11.6 Å². The molecule has 0 aromatic heterocycles. The predicted octanol–water partition coefficient (Wildman–Crippen LogP) is 1.94. The van der Waals surface area contributed by atoms with E-state index in [2.05, 4.69) is 0 Å². The molecule has 1 aromatic carbocycles. The number of nitrogen functional groups attached to an aromatic ring is 1. The highest BCUT2D eigenvalue weighted by Crippen LogP contribution is 2.32. The highest BCUT2D eigenvalue weighted by molar-refractivity contribution is 5.70. The Balaban J connectivity index is 1.96. The average Bonchev–Trinajstić information content (AvgIpc) is 2.24. The fourth-order valence-electron chi connectivity index (χ4n) is 2.22. The molecule has 1 aliphatic heterocycles. The van der Waals surface area contributed by atoms with Crippen LogP contribution in [0.1, 0.15) is 13.3 Å². The smallest absolute Gasteiger partial charge is 0.306 e. The molecule has 0 unspecified atom stereocenters. The zero-order valence-electron chi connectivity index (χ0n) is 10.7. The van der Waals surface area contributed by atoms with Crippen molar-refractivity contribution in [3.05, 3.63) is 23.8 Å². The molecule has 4 nitrogen and oxygen atoms in total. The molecule has 0 aliphatic carbocycles. The Morgan fingerprint density at radius 2 is 2.00 bits per heavy atom. The van der Waals surface area contributed by atoms with E-state index in [0.29, 0.717) is 19.7 Å². The Hall–Kier alpha value is -1.85. The van der Waals surface area contributed by atoms with Crippen molar-refractivity contribution in [2.45, 2.75) is 13.3 Å². The Morgan fingerprint density at radius 1 is 1.42 bits per heavy atom. The quantitative estimate of drug-likeness (QED) is 0.671. The van der Waals surface area contributed by atoms with E-state index in [0.717, 1.165) is 12.1 Å². The van der Waals surface area contributed by atoms with Gasteiger partial charge in [-0.3, -0.25) is 4.79 Å².